The smallest absolute Gasteiger partial charge is 0.258 e. The molecule has 7 nitrogen and oxygen atoms in total. The molecule has 1 saturated heterocycles. The summed E-state index contributed by atoms with van der Waals surface area (Å²) >= 11 is 0. The van der Waals surface area contributed by atoms with E-state index < -0.39 is 11.6 Å². The molecule has 2 aliphatic rings. The number of hydrogen-bond donors (Lipinski definition) is 1. The molecule has 1 aromatic heterocycles. The van der Waals surface area contributed by atoms with E-state index in [1.54, 1.807) is 0 Å². The summed E-state index contributed by atoms with van der Waals surface area (Å²) in [6.07, 6.45) is 1.72. The number of hydrogen-bond acceptors (Lipinski definition) is 6. The highest BCUT2D eigenvalue weighted by Crippen LogP contribution is 2.34. The van der Waals surface area contributed by atoms with Crippen molar-refractivity contribution in [1.29, 1.82) is 0 Å². The predicted octanol–water partition coefficient (Wildman–Crippen LogP) is 2.53. The number of methoxy groups -OCH3 is 1. The number of aromatic nitrogens is 2. The van der Waals surface area contributed by atoms with Gasteiger partial charge in [0.05, 0.1) is 31.1 Å². The van der Waals surface area contributed by atoms with E-state index in [0.717, 1.165) is 5.69 Å². The summed E-state index contributed by atoms with van der Waals surface area (Å²) in [5.74, 6) is -0.764. The van der Waals surface area contributed by atoms with Crippen LogP contribution in [0.1, 0.15) is 35.6 Å². The average molecular weight is 421 g/mol. The van der Waals surface area contributed by atoms with Crippen LogP contribution in [-0.4, -0.2) is 50.0 Å². The van der Waals surface area contributed by atoms with E-state index >= 15 is 0 Å². The highest BCUT2D eigenvalue weighted by molar-refractivity contribution is 5.37. The van der Waals surface area contributed by atoms with Gasteiger partial charge in [-0.05, 0) is 18.8 Å². The van der Waals surface area contributed by atoms with Crippen molar-refractivity contribution in [1.82, 2.24) is 9.97 Å². The van der Waals surface area contributed by atoms with Gasteiger partial charge in [-0.2, -0.15) is 0 Å². The Morgan fingerprint density at radius 3 is 2.67 bits per heavy atom. The van der Waals surface area contributed by atoms with E-state index in [4.69, 9.17) is 14.2 Å². The Labute approximate surface area is 173 Å². The van der Waals surface area contributed by atoms with Crippen LogP contribution in [-0.2, 0) is 22.5 Å². The first-order valence-corrected chi connectivity index (χ1v) is 10.1. The lowest BCUT2D eigenvalue weighted by Gasteiger charge is -2.33. The summed E-state index contributed by atoms with van der Waals surface area (Å²) < 4.78 is 44.8. The Balaban J connectivity index is 1.45. The molecule has 0 bridgehead atoms. The molecular formula is C21H25F2N3O4. The second kappa shape index (κ2) is 9.09. The standard InChI is InChI=1S/C21H25F2N3O4/c1-28-8-9-30-14-10-16(22)19(17(23)11-14)13-2-5-26(6-3-13)21-24-18-4-7-29-12-15(18)20(27)25-21/h10-11,13H,2-9,12H2,1H3,(H,24,25,27). The zero-order valence-electron chi connectivity index (χ0n) is 16.9. The Morgan fingerprint density at radius 1 is 1.23 bits per heavy atom. The number of fused-ring (bicyclic) bond motifs is 1. The summed E-state index contributed by atoms with van der Waals surface area (Å²) in [6.45, 7) is 2.50. The quantitative estimate of drug-likeness (QED) is 0.723. The second-order valence-electron chi connectivity index (χ2n) is 7.52. The number of H-pyrrole nitrogens is 1. The molecule has 3 heterocycles. The molecular weight excluding hydrogens is 396 g/mol. The van der Waals surface area contributed by atoms with Gasteiger partial charge in [-0.1, -0.05) is 0 Å². The molecule has 162 valence electrons. The summed E-state index contributed by atoms with van der Waals surface area (Å²) in [5, 5.41) is 0. The molecule has 2 aliphatic heterocycles. The van der Waals surface area contributed by atoms with Crippen LogP contribution in [0.15, 0.2) is 16.9 Å². The largest absolute Gasteiger partial charge is 0.491 e. The van der Waals surface area contributed by atoms with E-state index in [-0.39, 0.29) is 36.0 Å². The summed E-state index contributed by atoms with van der Waals surface area (Å²) in [4.78, 5) is 21.7. The number of ether oxygens (including phenoxy) is 3. The van der Waals surface area contributed by atoms with Gasteiger partial charge in [0.1, 0.15) is 24.0 Å². The molecule has 0 amide bonds. The van der Waals surface area contributed by atoms with Gasteiger partial charge < -0.3 is 19.1 Å². The van der Waals surface area contributed by atoms with Gasteiger partial charge in [-0.15, -0.1) is 0 Å². The molecule has 4 rings (SSSR count). The highest BCUT2D eigenvalue weighted by atomic mass is 19.1. The van der Waals surface area contributed by atoms with Gasteiger partial charge in [-0.25, -0.2) is 13.8 Å². The van der Waals surface area contributed by atoms with E-state index in [2.05, 4.69) is 9.97 Å². The third-order valence-electron chi connectivity index (χ3n) is 5.63. The van der Waals surface area contributed by atoms with Gasteiger partial charge in [0, 0.05) is 44.3 Å². The van der Waals surface area contributed by atoms with E-state index in [9.17, 15) is 13.6 Å². The minimum absolute atomic E-state index is 0.0952. The van der Waals surface area contributed by atoms with Crippen LogP contribution in [0.2, 0.25) is 0 Å². The highest BCUT2D eigenvalue weighted by Gasteiger charge is 2.28. The van der Waals surface area contributed by atoms with Crippen molar-refractivity contribution in [2.24, 2.45) is 0 Å². The van der Waals surface area contributed by atoms with Gasteiger partial charge in [0.25, 0.3) is 5.56 Å². The third kappa shape index (κ3) is 4.32. The van der Waals surface area contributed by atoms with Crippen LogP contribution < -0.4 is 15.2 Å². The summed E-state index contributed by atoms with van der Waals surface area (Å²) in [6, 6.07) is 2.45. The number of rotatable bonds is 6. The molecule has 0 atom stereocenters. The predicted molar refractivity (Wildman–Crippen MR) is 106 cm³/mol. The van der Waals surface area contributed by atoms with Gasteiger partial charge in [-0.3, -0.25) is 9.78 Å². The Kier molecular flexibility index (Phi) is 6.29. The fourth-order valence-corrected chi connectivity index (χ4v) is 4.04. The normalized spacial score (nSPS) is 17.1. The zero-order chi connectivity index (χ0) is 21.1. The molecule has 0 saturated carbocycles. The fraction of sp³-hybridized carbons (Fsp3) is 0.524. The van der Waals surface area contributed by atoms with Crippen molar-refractivity contribution in [2.75, 3.05) is 44.9 Å². The number of nitrogens with one attached hydrogen (secondary N) is 1. The second-order valence-corrected chi connectivity index (χ2v) is 7.52. The molecule has 1 fully saturated rings. The molecule has 1 N–H and O–H groups in total. The van der Waals surface area contributed by atoms with Crippen molar-refractivity contribution in [3.8, 4) is 5.75 Å². The van der Waals surface area contributed by atoms with Crippen LogP contribution in [0, 0.1) is 11.6 Å². The number of aromatic amines is 1. The van der Waals surface area contributed by atoms with Crippen LogP contribution in [0.3, 0.4) is 0 Å². The molecule has 30 heavy (non-hydrogen) atoms. The number of halogens is 2. The van der Waals surface area contributed by atoms with Crippen molar-refractivity contribution in [2.45, 2.75) is 31.8 Å². The van der Waals surface area contributed by atoms with Crippen LogP contribution in [0.25, 0.3) is 0 Å². The van der Waals surface area contributed by atoms with E-state index in [1.165, 1.54) is 19.2 Å². The molecule has 0 spiro atoms. The monoisotopic (exact) mass is 421 g/mol. The lowest BCUT2D eigenvalue weighted by Crippen LogP contribution is -2.37. The SMILES string of the molecule is COCCOc1cc(F)c(C2CCN(c3nc4c(c(=O)[nH]3)COCC4)CC2)c(F)c1. The van der Waals surface area contributed by atoms with E-state index in [0.29, 0.717) is 57.1 Å². The van der Waals surface area contributed by atoms with Crippen LogP contribution in [0.4, 0.5) is 14.7 Å². The first-order valence-electron chi connectivity index (χ1n) is 10.1. The zero-order valence-corrected chi connectivity index (χ0v) is 16.9. The maximum absolute atomic E-state index is 14.6. The lowest BCUT2D eigenvalue weighted by atomic mass is 9.88. The molecule has 9 heteroatoms. The van der Waals surface area contributed by atoms with Gasteiger partial charge in [0.2, 0.25) is 5.95 Å². The Hall–Kier alpha value is -2.52. The first-order chi connectivity index (χ1) is 14.6. The minimum Gasteiger partial charge on any atom is -0.491 e. The number of benzene rings is 1. The van der Waals surface area contributed by atoms with Crippen LogP contribution >= 0.6 is 0 Å². The Bertz CT molecular complexity index is 935. The third-order valence-corrected chi connectivity index (χ3v) is 5.63. The van der Waals surface area contributed by atoms with Crippen molar-refractivity contribution >= 4 is 5.95 Å². The summed E-state index contributed by atoms with van der Waals surface area (Å²) in [7, 11) is 1.53. The Morgan fingerprint density at radius 2 is 1.97 bits per heavy atom. The molecule has 1 aromatic carbocycles. The van der Waals surface area contributed by atoms with Crippen molar-refractivity contribution in [3.05, 3.63) is 50.9 Å². The number of piperidine rings is 1. The van der Waals surface area contributed by atoms with Gasteiger partial charge >= 0.3 is 0 Å². The van der Waals surface area contributed by atoms with Crippen molar-refractivity contribution in [3.63, 3.8) is 0 Å². The summed E-state index contributed by atoms with van der Waals surface area (Å²) in [5.41, 5.74) is 1.26. The number of anilines is 1. The number of nitrogens with zero attached hydrogens (tertiary/aromatic N) is 2. The molecule has 0 aliphatic carbocycles. The maximum Gasteiger partial charge on any atom is 0.258 e. The van der Waals surface area contributed by atoms with Crippen molar-refractivity contribution < 1.29 is 23.0 Å². The topological polar surface area (TPSA) is 76.7 Å². The molecule has 0 radical (unpaired) electrons. The van der Waals surface area contributed by atoms with Crippen LogP contribution in [0.5, 0.6) is 5.75 Å². The van der Waals surface area contributed by atoms with E-state index in [1.807, 2.05) is 4.90 Å². The minimum atomic E-state index is -0.596. The average Bonchev–Trinajstić information content (AvgIpc) is 2.74. The fourth-order valence-electron chi connectivity index (χ4n) is 4.04. The van der Waals surface area contributed by atoms with Gasteiger partial charge in [0.15, 0.2) is 0 Å². The maximum atomic E-state index is 14.6. The molecule has 2 aromatic rings. The first kappa shape index (κ1) is 20.7. The molecule has 0 unspecified atom stereocenters. The lowest BCUT2D eigenvalue weighted by molar-refractivity contribution is 0.108.